The molecule has 1 N–H and O–H groups in total. The van der Waals surface area contributed by atoms with Crippen LogP contribution in [0.25, 0.3) is 0 Å². The highest BCUT2D eigenvalue weighted by Crippen LogP contribution is 2.67. The van der Waals surface area contributed by atoms with Gasteiger partial charge in [0.05, 0.1) is 13.2 Å². The number of hydrogen-bond acceptors (Lipinski definition) is 8. The molecule has 194 valence electrons. The van der Waals surface area contributed by atoms with E-state index in [9.17, 15) is 24.1 Å². The number of ketones is 3. The first-order valence-electron chi connectivity index (χ1n) is 12.6. The molecule has 9 heteroatoms. The molecule has 0 aromatic rings. The number of allylic oxidation sites excluding steroid dienone is 4. The van der Waals surface area contributed by atoms with Gasteiger partial charge in [0.1, 0.15) is 24.3 Å². The highest BCUT2D eigenvalue weighted by Gasteiger charge is 2.69. The quantitative estimate of drug-likeness (QED) is 0.465. The normalized spacial score (nSPS) is 38.5. The zero-order chi connectivity index (χ0) is 25.6. The van der Waals surface area contributed by atoms with Gasteiger partial charge in [0.15, 0.2) is 11.6 Å². The van der Waals surface area contributed by atoms with Crippen molar-refractivity contribution in [3.05, 3.63) is 23.8 Å². The number of aliphatic hydroxyl groups is 1. The van der Waals surface area contributed by atoms with Gasteiger partial charge in [-0.15, -0.1) is 0 Å². The third-order valence-electron chi connectivity index (χ3n) is 9.09. The van der Waals surface area contributed by atoms with Crippen LogP contribution in [0.2, 0.25) is 0 Å². The SMILES string of the molecule is CCOP(=O)(CO[C@]1(C(=O)CO)CC[C@H]2[C@@H]3CCC4=CC(=O)C=C[C@]4(C)[C@H]3C(=O)C[C@@]21C)OCC. The van der Waals surface area contributed by atoms with Crippen LogP contribution in [0.1, 0.15) is 59.8 Å². The molecule has 4 aliphatic carbocycles. The van der Waals surface area contributed by atoms with Crippen molar-refractivity contribution in [3.8, 4) is 0 Å². The average Bonchev–Trinajstić information content (AvgIpc) is 3.10. The van der Waals surface area contributed by atoms with Crippen molar-refractivity contribution in [2.75, 3.05) is 26.2 Å². The number of rotatable bonds is 9. The number of hydrogen-bond donors (Lipinski definition) is 1. The Morgan fingerprint density at radius 2 is 1.86 bits per heavy atom. The molecule has 8 nitrogen and oxygen atoms in total. The van der Waals surface area contributed by atoms with Gasteiger partial charge in [-0.2, -0.15) is 0 Å². The fourth-order valence-electron chi connectivity index (χ4n) is 7.62. The van der Waals surface area contributed by atoms with Crippen molar-refractivity contribution in [1.82, 2.24) is 0 Å². The van der Waals surface area contributed by atoms with Crippen LogP contribution in [0.3, 0.4) is 0 Å². The maximum Gasteiger partial charge on any atom is 0.356 e. The van der Waals surface area contributed by atoms with Crippen molar-refractivity contribution >= 4 is 24.9 Å². The number of carbonyl (C=O) groups excluding carboxylic acids is 3. The number of fused-ring (bicyclic) bond motifs is 5. The molecular weight excluding hydrogens is 471 g/mol. The summed E-state index contributed by atoms with van der Waals surface area (Å²) >= 11 is 0. The van der Waals surface area contributed by atoms with Crippen LogP contribution < -0.4 is 0 Å². The highest BCUT2D eigenvalue weighted by atomic mass is 31.2. The Bertz CT molecular complexity index is 1010. The summed E-state index contributed by atoms with van der Waals surface area (Å²) in [5.41, 5.74) is -1.82. The van der Waals surface area contributed by atoms with Crippen molar-refractivity contribution in [1.29, 1.82) is 0 Å². The van der Waals surface area contributed by atoms with E-state index in [2.05, 4.69) is 0 Å². The smallest absolute Gasteiger partial charge is 0.356 e. The lowest BCUT2D eigenvalue weighted by atomic mass is 9.46. The van der Waals surface area contributed by atoms with E-state index in [0.29, 0.717) is 12.8 Å². The summed E-state index contributed by atoms with van der Waals surface area (Å²) in [7, 11) is -3.61. The summed E-state index contributed by atoms with van der Waals surface area (Å²) in [6.45, 7) is 6.94. The van der Waals surface area contributed by atoms with Gasteiger partial charge >= 0.3 is 7.60 Å². The molecule has 3 fully saturated rings. The summed E-state index contributed by atoms with van der Waals surface area (Å²) in [5, 5.41) is 9.93. The minimum Gasteiger partial charge on any atom is -0.388 e. The molecular formula is C26H37O8P. The first-order chi connectivity index (χ1) is 16.5. The van der Waals surface area contributed by atoms with Gasteiger partial charge in [-0.05, 0) is 63.5 Å². The van der Waals surface area contributed by atoms with Crippen molar-refractivity contribution in [2.24, 2.45) is 28.6 Å². The van der Waals surface area contributed by atoms with Crippen LogP contribution in [-0.2, 0) is 32.7 Å². The van der Waals surface area contributed by atoms with Crippen LogP contribution >= 0.6 is 7.60 Å². The molecule has 35 heavy (non-hydrogen) atoms. The Morgan fingerprint density at radius 3 is 2.49 bits per heavy atom. The summed E-state index contributed by atoms with van der Waals surface area (Å²) < 4.78 is 30.1. The minimum atomic E-state index is -3.61. The molecule has 0 heterocycles. The third-order valence-corrected chi connectivity index (χ3v) is 10.8. The average molecular weight is 509 g/mol. The third kappa shape index (κ3) is 4.06. The second-order valence-corrected chi connectivity index (χ2v) is 12.7. The Kier molecular flexibility index (Phi) is 7.19. The summed E-state index contributed by atoms with van der Waals surface area (Å²) in [5.74, 6) is -0.757. The second kappa shape index (κ2) is 9.46. The standard InChI is InChI=1S/C26H37O8P/c1-5-33-35(31,34-6-2)16-32-26(22(30)15-27)12-10-20-19-8-7-17-13-18(28)9-11-24(17,3)23(19)21(29)14-25(20,26)4/h9,11,13,19-20,23,27H,5-8,10,12,14-16H2,1-4H3/t19-,20-,23+,24-,25-,26-/m0/s1. The zero-order valence-electron chi connectivity index (χ0n) is 21.1. The highest BCUT2D eigenvalue weighted by molar-refractivity contribution is 7.53. The van der Waals surface area contributed by atoms with E-state index in [4.69, 9.17) is 13.8 Å². The molecule has 4 rings (SSSR count). The Morgan fingerprint density at radius 1 is 1.17 bits per heavy atom. The van der Waals surface area contributed by atoms with Gasteiger partial charge in [0, 0.05) is 23.2 Å². The molecule has 0 aliphatic heterocycles. The number of aliphatic hydroxyl groups excluding tert-OH is 1. The van der Waals surface area contributed by atoms with Gasteiger partial charge in [-0.25, -0.2) is 0 Å². The first kappa shape index (κ1) is 26.6. The van der Waals surface area contributed by atoms with Crippen molar-refractivity contribution in [3.63, 3.8) is 0 Å². The minimum absolute atomic E-state index is 0.00340. The number of carbonyl (C=O) groups is 3. The lowest BCUT2D eigenvalue weighted by Gasteiger charge is -2.57. The van der Waals surface area contributed by atoms with E-state index in [1.807, 2.05) is 19.9 Å². The van der Waals surface area contributed by atoms with Gasteiger partial charge in [-0.1, -0.05) is 25.5 Å². The van der Waals surface area contributed by atoms with Crippen LogP contribution in [-0.4, -0.2) is 54.2 Å². The van der Waals surface area contributed by atoms with E-state index < -0.39 is 42.8 Å². The van der Waals surface area contributed by atoms with Gasteiger partial charge in [-0.3, -0.25) is 18.9 Å². The lowest BCUT2D eigenvalue weighted by molar-refractivity contribution is -0.177. The fourth-order valence-corrected chi connectivity index (χ4v) is 9.00. The van der Waals surface area contributed by atoms with E-state index in [1.165, 1.54) is 0 Å². The maximum absolute atomic E-state index is 13.8. The van der Waals surface area contributed by atoms with Crippen LogP contribution in [0.4, 0.5) is 0 Å². The molecule has 4 aliphatic rings. The molecule has 0 aromatic heterocycles. The monoisotopic (exact) mass is 508 g/mol. The Hall–Kier alpha value is -1.44. The predicted octanol–water partition coefficient (Wildman–Crippen LogP) is 4.01. The maximum atomic E-state index is 13.8. The van der Waals surface area contributed by atoms with E-state index in [0.717, 1.165) is 18.4 Å². The van der Waals surface area contributed by atoms with Crippen LogP contribution in [0.15, 0.2) is 23.8 Å². The van der Waals surface area contributed by atoms with E-state index in [-0.39, 0.29) is 49.0 Å². The van der Waals surface area contributed by atoms with E-state index >= 15 is 0 Å². The summed E-state index contributed by atoms with van der Waals surface area (Å²) in [6, 6.07) is 0. The first-order valence-corrected chi connectivity index (χ1v) is 14.4. The molecule has 6 atom stereocenters. The predicted molar refractivity (Wildman–Crippen MR) is 129 cm³/mol. The molecule has 0 bridgehead atoms. The molecule has 3 saturated carbocycles. The Labute approximate surface area is 207 Å². The van der Waals surface area contributed by atoms with Crippen molar-refractivity contribution < 1.29 is 37.8 Å². The van der Waals surface area contributed by atoms with Crippen LogP contribution in [0, 0.1) is 28.6 Å². The number of Topliss-reactive ketones (excluding diaryl/α,β-unsaturated/α-hetero) is 2. The topological polar surface area (TPSA) is 116 Å². The van der Waals surface area contributed by atoms with Gasteiger partial charge < -0.3 is 18.9 Å². The lowest BCUT2D eigenvalue weighted by Crippen LogP contribution is -2.61. The molecule has 0 spiro atoms. The van der Waals surface area contributed by atoms with E-state index in [1.54, 1.807) is 26.0 Å². The molecule has 0 unspecified atom stereocenters. The Balaban J connectivity index is 1.70. The molecule has 0 amide bonds. The summed E-state index contributed by atoms with van der Waals surface area (Å²) in [4.78, 5) is 39.2. The summed E-state index contributed by atoms with van der Waals surface area (Å²) in [6.07, 6.45) is 7.27. The number of ether oxygens (including phenoxy) is 1. The zero-order valence-corrected chi connectivity index (χ0v) is 22.0. The molecule has 0 aromatic carbocycles. The largest absolute Gasteiger partial charge is 0.388 e. The van der Waals surface area contributed by atoms with Gasteiger partial charge in [0.2, 0.25) is 0 Å². The second-order valence-electron chi connectivity index (χ2n) is 10.7. The molecule has 0 saturated heterocycles. The molecule has 0 radical (unpaired) electrons. The fraction of sp³-hybridized carbons (Fsp3) is 0.731. The van der Waals surface area contributed by atoms with Gasteiger partial charge in [0.25, 0.3) is 0 Å². The van der Waals surface area contributed by atoms with Crippen LogP contribution in [0.5, 0.6) is 0 Å². The van der Waals surface area contributed by atoms with Crippen molar-refractivity contribution in [2.45, 2.75) is 65.4 Å².